The summed E-state index contributed by atoms with van der Waals surface area (Å²) < 4.78 is 21.5. The SMILES string of the molecule is COc1cccc(C2/C(=C(\O)c3cc(Cl)ccc3OC)C(=O)C(=O)N2Cc2ccc(OC)c(OC)c2)c1. The quantitative estimate of drug-likeness (QED) is 0.252. The average molecular weight is 524 g/mol. The van der Waals surface area contributed by atoms with Crippen LogP contribution in [0.1, 0.15) is 22.7 Å². The van der Waals surface area contributed by atoms with Gasteiger partial charge in [0.1, 0.15) is 17.3 Å². The third kappa shape index (κ3) is 4.93. The Kier molecular flexibility index (Phi) is 7.59. The highest BCUT2D eigenvalue weighted by Crippen LogP contribution is 2.43. The summed E-state index contributed by atoms with van der Waals surface area (Å²) in [7, 11) is 6.01. The molecule has 0 aliphatic carbocycles. The Bertz CT molecular complexity index is 1380. The summed E-state index contributed by atoms with van der Waals surface area (Å²) in [5, 5.41) is 11.7. The van der Waals surface area contributed by atoms with Crippen molar-refractivity contribution in [1.29, 1.82) is 0 Å². The topological polar surface area (TPSA) is 94.5 Å². The molecule has 8 nitrogen and oxygen atoms in total. The predicted molar refractivity (Wildman–Crippen MR) is 138 cm³/mol. The zero-order valence-corrected chi connectivity index (χ0v) is 21.5. The molecule has 1 aliphatic heterocycles. The second kappa shape index (κ2) is 10.8. The fraction of sp³-hybridized carbons (Fsp3) is 0.214. The van der Waals surface area contributed by atoms with Crippen molar-refractivity contribution in [3.05, 3.63) is 87.9 Å². The van der Waals surface area contributed by atoms with Gasteiger partial charge in [0.2, 0.25) is 0 Å². The molecule has 0 bridgehead atoms. The van der Waals surface area contributed by atoms with Crippen LogP contribution in [0.15, 0.2) is 66.2 Å². The summed E-state index contributed by atoms with van der Waals surface area (Å²) in [6.07, 6.45) is 0. The Morgan fingerprint density at radius 2 is 1.57 bits per heavy atom. The number of aliphatic hydroxyl groups is 1. The van der Waals surface area contributed by atoms with Crippen LogP contribution in [0.25, 0.3) is 5.76 Å². The molecule has 1 heterocycles. The van der Waals surface area contributed by atoms with E-state index in [9.17, 15) is 14.7 Å². The molecule has 0 saturated carbocycles. The smallest absolute Gasteiger partial charge is 0.295 e. The molecule has 1 amide bonds. The van der Waals surface area contributed by atoms with Gasteiger partial charge in [0.05, 0.1) is 45.6 Å². The lowest BCUT2D eigenvalue weighted by atomic mass is 9.94. The van der Waals surface area contributed by atoms with Crippen molar-refractivity contribution >= 4 is 29.1 Å². The van der Waals surface area contributed by atoms with E-state index in [-0.39, 0.29) is 23.4 Å². The zero-order valence-electron chi connectivity index (χ0n) is 20.8. The second-order valence-corrected chi connectivity index (χ2v) is 8.67. The highest BCUT2D eigenvalue weighted by molar-refractivity contribution is 6.46. The first-order valence-electron chi connectivity index (χ1n) is 11.3. The lowest BCUT2D eigenvalue weighted by molar-refractivity contribution is -0.140. The van der Waals surface area contributed by atoms with E-state index >= 15 is 0 Å². The van der Waals surface area contributed by atoms with Gasteiger partial charge in [-0.1, -0.05) is 29.8 Å². The number of methoxy groups -OCH3 is 4. The number of nitrogens with zero attached hydrogens (tertiary/aromatic N) is 1. The maximum Gasteiger partial charge on any atom is 0.295 e. The van der Waals surface area contributed by atoms with Crippen molar-refractivity contribution in [3.63, 3.8) is 0 Å². The molecular formula is C28H26ClNO7. The number of rotatable bonds is 8. The van der Waals surface area contributed by atoms with Gasteiger partial charge in [0.25, 0.3) is 11.7 Å². The van der Waals surface area contributed by atoms with E-state index in [2.05, 4.69) is 0 Å². The molecule has 1 N–H and O–H groups in total. The van der Waals surface area contributed by atoms with Crippen LogP contribution in [-0.4, -0.2) is 50.1 Å². The maximum absolute atomic E-state index is 13.4. The molecular weight excluding hydrogens is 498 g/mol. The fourth-order valence-electron chi connectivity index (χ4n) is 4.39. The normalized spacial score (nSPS) is 16.6. The molecule has 1 fully saturated rings. The van der Waals surface area contributed by atoms with Gasteiger partial charge in [-0.25, -0.2) is 0 Å². The van der Waals surface area contributed by atoms with Crippen LogP contribution in [0, 0.1) is 0 Å². The Hall–Kier alpha value is -4.17. The summed E-state index contributed by atoms with van der Waals surface area (Å²) in [6.45, 7) is 0.0657. The Balaban J connectivity index is 1.90. The summed E-state index contributed by atoms with van der Waals surface area (Å²) >= 11 is 6.18. The molecule has 1 aliphatic rings. The van der Waals surface area contributed by atoms with Crippen LogP contribution in [0.3, 0.4) is 0 Å². The van der Waals surface area contributed by atoms with Crippen LogP contribution < -0.4 is 18.9 Å². The van der Waals surface area contributed by atoms with Gasteiger partial charge in [0, 0.05) is 11.6 Å². The number of aliphatic hydroxyl groups excluding tert-OH is 1. The first kappa shape index (κ1) is 25.9. The summed E-state index contributed by atoms with van der Waals surface area (Å²) in [5.41, 5.74) is 1.40. The van der Waals surface area contributed by atoms with Crippen LogP contribution in [-0.2, 0) is 16.1 Å². The van der Waals surface area contributed by atoms with Crippen LogP contribution in [0.2, 0.25) is 5.02 Å². The van der Waals surface area contributed by atoms with Gasteiger partial charge < -0.3 is 29.0 Å². The number of carbonyl (C=O) groups is 2. The molecule has 0 aromatic heterocycles. The van der Waals surface area contributed by atoms with Gasteiger partial charge in [-0.2, -0.15) is 0 Å². The van der Waals surface area contributed by atoms with E-state index < -0.39 is 17.7 Å². The molecule has 0 radical (unpaired) electrons. The number of hydrogen-bond acceptors (Lipinski definition) is 7. The third-order valence-corrected chi connectivity index (χ3v) is 6.40. The maximum atomic E-state index is 13.4. The van der Waals surface area contributed by atoms with Gasteiger partial charge in [0.15, 0.2) is 11.5 Å². The number of Topliss-reactive ketones (excluding diaryl/α,β-unsaturated/α-hetero) is 1. The minimum absolute atomic E-state index is 0.0657. The molecule has 4 rings (SSSR count). The predicted octanol–water partition coefficient (Wildman–Crippen LogP) is 5.00. The molecule has 1 unspecified atom stereocenters. The number of ketones is 1. The van der Waals surface area contributed by atoms with Crippen molar-refractivity contribution in [1.82, 2.24) is 4.90 Å². The Morgan fingerprint density at radius 1 is 0.865 bits per heavy atom. The second-order valence-electron chi connectivity index (χ2n) is 8.24. The van der Waals surface area contributed by atoms with E-state index in [1.54, 1.807) is 54.6 Å². The highest BCUT2D eigenvalue weighted by Gasteiger charge is 2.46. The third-order valence-electron chi connectivity index (χ3n) is 6.17. The average Bonchev–Trinajstić information content (AvgIpc) is 3.17. The van der Waals surface area contributed by atoms with Gasteiger partial charge >= 0.3 is 0 Å². The van der Waals surface area contributed by atoms with E-state index in [0.29, 0.717) is 39.1 Å². The molecule has 3 aromatic rings. The minimum Gasteiger partial charge on any atom is -0.507 e. The Morgan fingerprint density at radius 3 is 2.24 bits per heavy atom. The standard InChI is InChI=1S/C28H26ClNO7/c1-34-19-7-5-6-17(13-19)25-24(26(31)20-14-18(29)9-11-21(20)35-2)27(32)28(33)30(25)15-16-8-10-22(36-3)23(12-16)37-4/h5-14,25,31H,15H2,1-4H3/b26-24+. The number of hydrogen-bond donors (Lipinski definition) is 1. The number of amides is 1. The van der Waals surface area contributed by atoms with Crippen LogP contribution >= 0.6 is 11.6 Å². The summed E-state index contributed by atoms with van der Waals surface area (Å²) in [5.74, 6) is -0.117. The highest BCUT2D eigenvalue weighted by atomic mass is 35.5. The largest absolute Gasteiger partial charge is 0.507 e. The van der Waals surface area contributed by atoms with Crippen LogP contribution in [0.5, 0.6) is 23.0 Å². The Labute approximate surface area is 219 Å². The molecule has 37 heavy (non-hydrogen) atoms. The lowest BCUT2D eigenvalue weighted by Gasteiger charge is -2.26. The van der Waals surface area contributed by atoms with E-state index in [0.717, 1.165) is 0 Å². The molecule has 0 spiro atoms. The first-order chi connectivity index (χ1) is 17.8. The number of likely N-dealkylation sites (tertiary alicyclic amines) is 1. The first-order valence-corrected chi connectivity index (χ1v) is 11.7. The van der Waals surface area contributed by atoms with Gasteiger partial charge in [-0.05, 0) is 53.6 Å². The molecule has 1 saturated heterocycles. The van der Waals surface area contributed by atoms with Crippen molar-refractivity contribution in [2.45, 2.75) is 12.6 Å². The zero-order chi connectivity index (χ0) is 26.7. The summed E-state index contributed by atoms with van der Waals surface area (Å²) in [6, 6.07) is 16.0. The molecule has 3 aromatic carbocycles. The van der Waals surface area contributed by atoms with Gasteiger partial charge in [-0.15, -0.1) is 0 Å². The number of carbonyl (C=O) groups excluding carboxylic acids is 2. The summed E-state index contributed by atoms with van der Waals surface area (Å²) in [4.78, 5) is 28.2. The fourth-order valence-corrected chi connectivity index (χ4v) is 4.56. The van der Waals surface area contributed by atoms with Crippen molar-refractivity contribution < 1.29 is 33.6 Å². The van der Waals surface area contributed by atoms with Crippen LogP contribution in [0.4, 0.5) is 0 Å². The van der Waals surface area contributed by atoms with Gasteiger partial charge in [-0.3, -0.25) is 9.59 Å². The number of benzene rings is 3. The number of halogens is 1. The van der Waals surface area contributed by atoms with Crippen molar-refractivity contribution in [2.75, 3.05) is 28.4 Å². The molecule has 1 atom stereocenters. The lowest BCUT2D eigenvalue weighted by Crippen LogP contribution is -2.29. The van der Waals surface area contributed by atoms with Crippen molar-refractivity contribution in [3.8, 4) is 23.0 Å². The molecule has 9 heteroatoms. The number of ether oxygens (including phenoxy) is 4. The molecule has 192 valence electrons. The monoisotopic (exact) mass is 523 g/mol. The van der Waals surface area contributed by atoms with Crippen molar-refractivity contribution in [2.24, 2.45) is 0 Å². The minimum atomic E-state index is -0.910. The van der Waals surface area contributed by atoms with E-state index in [1.807, 2.05) is 0 Å². The van der Waals surface area contributed by atoms with E-state index in [1.165, 1.54) is 39.4 Å². The van der Waals surface area contributed by atoms with E-state index in [4.69, 9.17) is 30.5 Å².